The number of amides is 4. The number of urea groups is 1. The van der Waals surface area contributed by atoms with E-state index in [1.807, 2.05) is 0 Å². The molecule has 1 atom stereocenters. The zero-order chi connectivity index (χ0) is 20.8. The van der Waals surface area contributed by atoms with Crippen LogP contribution in [0.5, 0.6) is 11.5 Å². The molecule has 4 amide bonds. The van der Waals surface area contributed by atoms with E-state index in [0.717, 1.165) is 10.5 Å². The summed E-state index contributed by atoms with van der Waals surface area (Å²) in [7, 11) is 3.05. The second-order valence-corrected chi connectivity index (χ2v) is 6.51. The van der Waals surface area contributed by atoms with Crippen molar-refractivity contribution in [2.75, 3.05) is 14.2 Å². The van der Waals surface area contributed by atoms with Gasteiger partial charge in [-0.1, -0.05) is 6.07 Å². The van der Waals surface area contributed by atoms with Crippen molar-refractivity contribution in [1.29, 1.82) is 0 Å². The van der Waals surface area contributed by atoms with Gasteiger partial charge in [0.1, 0.15) is 11.8 Å². The molecule has 1 aromatic carbocycles. The first-order chi connectivity index (χ1) is 14.0. The highest BCUT2D eigenvalue weighted by Crippen LogP contribution is 2.28. The number of benzene rings is 1. The second-order valence-electron chi connectivity index (χ2n) is 6.51. The van der Waals surface area contributed by atoms with Gasteiger partial charge in [0.05, 0.1) is 33.6 Å². The Hall–Kier alpha value is -3.49. The zero-order valence-electron chi connectivity index (χ0n) is 16.3. The SMILES string of the molecule is COc1ccc(CN2C(=O)NC(CCC(=O)NCc3ccco3)C2=O)cc1OC. The van der Waals surface area contributed by atoms with Crippen LogP contribution in [0, 0.1) is 0 Å². The smallest absolute Gasteiger partial charge is 0.325 e. The van der Waals surface area contributed by atoms with Gasteiger partial charge in [-0.25, -0.2) is 4.79 Å². The number of hydrogen-bond acceptors (Lipinski definition) is 6. The number of carbonyl (C=O) groups is 3. The summed E-state index contributed by atoms with van der Waals surface area (Å²) >= 11 is 0. The summed E-state index contributed by atoms with van der Waals surface area (Å²) in [5, 5.41) is 5.35. The van der Waals surface area contributed by atoms with Crippen LogP contribution in [-0.4, -0.2) is 43.0 Å². The van der Waals surface area contributed by atoms with Crippen molar-refractivity contribution in [1.82, 2.24) is 15.5 Å². The van der Waals surface area contributed by atoms with Crippen LogP contribution in [0.1, 0.15) is 24.2 Å². The molecule has 0 aliphatic carbocycles. The minimum atomic E-state index is -0.725. The van der Waals surface area contributed by atoms with Crippen LogP contribution in [0.4, 0.5) is 4.79 Å². The Morgan fingerprint density at radius 2 is 2.00 bits per heavy atom. The van der Waals surface area contributed by atoms with Crippen LogP contribution in [0.25, 0.3) is 0 Å². The molecular weight excluding hydrogens is 378 g/mol. The molecule has 2 aromatic rings. The van der Waals surface area contributed by atoms with Crippen LogP contribution in [0.15, 0.2) is 41.0 Å². The molecular formula is C20H23N3O6. The van der Waals surface area contributed by atoms with Crippen molar-refractivity contribution in [3.8, 4) is 11.5 Å². The lowest BCUT2D eigenvalue weighted by Gasteiger charge is -2.15. The molecule has 1 unspecified atom stereocenters. The lowest BCUT2D eigenvalue weighted by molar-refractivity contribution is -0.128. The Morgan fingerprint density at radius 1 is 1.21 bits per heavy atom. The van der Waals surface area contributed by atoms with E-state index in [0.29, 0.717) is 17.3 Å². The van der Waals surface area contributed by atoms with Gasteiger partial charge in [-0.05, 0) is 36.2 Å². The highest BCUT2D eigenvalue weighted by Gasteiger charge is 2.37. The summed E-state index contributed by atoms with van der Waals surface area (Å²) < 4.78 is 15.6. The van der Waals surface area contributed by atoms with E-state index in [1.165, 1.54) is 20.5 Å². The van der Waals surface area contributed by atoms with Crippen LogP contribution in [0.3, 0.4) is 0 Å². The van der Waals surface area contributed by atoms with Gasteiger partial charge in [0, 0.05) is 6.42 Å². The largest absolute Gasteiger partial charge is 0.493 e. The van der Waals surface area contributed by atoms with Gasteiger partial charge in [-0.15, -0.1) is 0 Å². The lowest BCUT2D eigenvalue weighted by atomic mass is 10.1. The highest BCUT2D eigenvalue weighted by molar-refractivity contribution is 6.04. The van der Waals surface area contributed by atoms with Crippen molar-refractivity contribution in [3.05, 3.63) is 47.9 Å². The van der Waals surface area contributed by atoms with Crippen molar-refractivity contribution < 1.29 is 28.3 Å². The fourth-order valence-corrected chi connectivity index (χ4v) is 3.05. The van der Waals surface area contributed by atoms with Crippen LogP contribution < -0.4 is 20.1 Å². The third kappa shape index (κ3) is 4.87. The van der Waals surface area contributed by atoms with Gasteiger partial charge in [-0.2, -0.15) is 0 Å². The molecule has 0 saturated carbocycles. The van der Waals surface area contributed by atoms with Gasteiger partial charge in [0.15, 0.2) is 11.5 Å². The maximum Gasteiger partial charge on any atom is 0.325 e. The topological polar surface area (TPSA) is 110 Å². The summed E-state index contributed by atoms with van der Waals surface area (Å²) in [6.07, 6.45) is 1.86. The minimum Gasteiger partial charge on any atom is -0.493 e. The molecule has 154 valence electrons. The average molecular weight is 401 g/mol. The first kappa shape index (κ1) is 20.2. The van der Waals surface area contributed by atoms with Crippen LogP contribution in [-0.2, 0) is 22.7 Å². The molecule has 1 fully saturated rings. The molecule has 9 nitrogen and oxygen atoms in total. The molecule has 29 heavy (non-hydrogen) atoms. The van der Waals surface area contributed by atoms with Gasteiger partial charge >= 0.3 is 6.03 Å². The molecule has 1 saturated heterocycles. The van der Waals surface area contributed by atoms with E-state index in [4.69, 9.17) is 13.9 Å². The predicted molar refractivity (Wildman–Crippen MR) is 102 cm³/mol. The van der Waals surface area contributed by atoms with Crippen molar-refractivity contribution in [2.45, 2.75) is 32.0 Å². The lowest BCUT2D eigenvalue weighted by Crippen LogP contribution is -2.32. The zero-order valence-corrected chi connectivity index (χ0v) is 16.3. The van der Waals surface area contributed by atoms with E-state index in [2.05, 4.69) is 10.6 Å². The summed E-state index contributed by atoms with van der Waals surface area (Å²) in [5.41, 5.74) is 0.725. The minimum absolute atomic E-state index is 0.103. The van der Waals surface area contributed by atoms with Crippen LogP contribution >= 0.6 is 0 Å². The number of furan rings is 1. The van der Waals surface area contributed by atoms with E-state index < -0.39 is 12.1 Å². The van der Waals surface area contributed by atoms with E-state index in [9.17, 15) is 14.4 Å². The second kappa shape index (κ2) is 9.13. The first-order valence-electron chi connectivity index (χ1n) is 9.13. The number of nitrogens with zero attached hydrogens (tertiary/aromatic N) is 1. The molecule has 2 N–H and O–H groups in total. The summed E-state index contributed by atoms with van der Waals surface area (Å²) in [4.78, 5) is 37.9. The summed E-state index contributed by atoms with van der Waals surface area (Å²) in [5.74, 6) is 1.14. The normalized spacial score (nSPS) is 15.9. The summed E-state index contributed by atoms with van der Waals surface area (Å²) in [6, 6.07) is 7.48. The number of imide groups is 1. The van der Waals surface area contributed by atoms with Gasteiger partial charge in [0.25, 0.3) is 5.91 Å². The van der Waals surface area contributed by atoms with Gasteiger partial charge in [-0.3, -0.25) is 14.5 Å². The van der Waals surface area contributed by atoms with Crippen molar-refractivity contribution in [3.63, 3.8) is 0 Å². The quantitative estimate of drug-likeness (QED) is 0.620. The van der Waals surface area contributed by atoms with Gasteiger partial charge in [0.2, 0.25) is 5.91 Å². The van der Waals surface area contributed by atoms with Crippen molar-refractivity contribution in [2.24, 2.45) is 0 Å². The molecule has 1 aliphatic rings. The molecule has 1 aliphatic heterocycles. The Labute approximate surface area is 167 Å². The number of ether oxygens (including phenoxy) is 2. The number of nitrogens with one attached hydrogen (secondary N) is 2. The Bertz CT molecular complexity index is 880. The molecule has 1 aromatic heterocycles. The van der Waals surface area contributed by atoms with E-state index in [-0.39, 0.29) is 37.7 Å². The third-order valence-electron chi connectivity index (χ3n) is 4.60. The van der Waals surface area contributed by atoms with Crippen LogP contribution in [0.2, 0.25) is 0 Å². The monoisotopic (exact) mass is 401 g/mol. The Balaban J connectivity index is 1.53. The van der Waals surface area contributed by atoms with E-state index >= 15 is 0 Å². The number of carbonyl (C=O) groups excluding carboxylic acids is 3. The summed E-state index contributed by atoms with van der Waals surface area (Å²) in [6.45, 7) is 0.383. The molecule has 0 radical (unpaired) electrons. The average Bonchev–Trinajstić information content (AvgIpc) is 3.34. The molecule has 2 heterocycles. The molecule has 3 rings (SSSR count). The Kier molecular flexibility index (Phi) is 6.38. The predicted octanol–water partition coefficient (Wildman–Crippen LogP) is 1.81. The number of hydrogen-bond donors (Lipinski definition) is 2. The standard InChI is InChI=1S/C20H23N3O6/c1-27-16-7-5-13(10-17(16)28-2)12-23-19(25)15(22-20(23)26)6-8-18(24)21-11-14-4-3-9-29-14/h3-5,7,9-10,15H,6,8,11-12H2,1-2H3,(H,21,24)(H,22,26). The molecule has 0 spiro atoms. The van der Waals surface area contributed by atoms with Gasteiger partial charge < -0.3 is 24.5 Å². The first-order valence-corrected chi connectivity index (χ1v) is 9.13. The fourth-order valence-electron chi connectivity index (χ4n) is 3.05. The number of methoxy groups -OCH3 is 2. The molecule has 0 bridgehead atoms. The Morgan fingerprint density at radius 3 is 2.69 bits per heavy atom. The third-order valence-corrected chi connectivity index (χ3v) is 4.60. The molecule has 9 heteroatoms. The number of rotatable bonds is 9. The van der Waals surface area contributed by atoms with Crippen molar-refractivity contribution >= 4 is 17.8 Å². The highest BCUT2D eigenvalue weighted by atomic mass is 16.5. The van der Waals surface area contributed by atoms with E-state index in [1.54, 1.807) is 30.3 Å². The maximum absolute atomic E-state index is 12.6. The maximum atomic E-state index is 12.6. The fraction of sp³-hybridized carbons (Fsp3) is 0.350.